The number of likely N-dealkylation sites (N-methyl/N-ethyl adjacent to an activating group) is 1. The molecule has 1 aliphatic rings. The monoisotopic (exact) mass is 421 g/mol. The summed E-state index contributed by atoms with van der Waals surface area (Å²) in [6.45, 7) is 3.44. The molecule has 1 unspecified atom stereocenters. The van der Waals surface area contributed by atoms with Gasteiger partial charge in [0.05, 0.1) is 16.4 Å². The summed E-state index contributed by atoms with van der Waals surface area (Å²) < 4.78 is 17.4. The fourth-order valence-corrected chi connectivity index (χ4v) is 4.40. The minimum atomic E-state index is -0.946. The normalized spacial score (nSPS) is 14.2. The van der Waals surface area contributed by atoms with E-state index in [2.05, 4.69) is 10.3 Å². The predicted molar refractivity (Wildman–Crippen MR) is 106 cm³/mol. The summed E-state index contributed by atoms with van der Waals surface area (Å²) in [6, 6.07) is 7.17. The quantitative estimate of drug-likeness (QED) is 0.426. The van der Waals surface area contributed by atoms with Crippen molar-refractivity contribution in [3.8, 4) is 0 Å². The summed E-state index contributed by atoms with van der Waals surface area (Å²) in [4.78, 5) is 30.4. The summed E-state index contributed by atoms with van der Waals surface area (Å²) >= 11 is 2.85. The number of carbonyl (C=O) groups is 2. The molecule has 0 aromatic carbocycles. The number of anilines is 1. The second-order valence-corrected chi connectivity index (χ2v) is 7.62. The molecule has 148 valence electrons. The van der Waals surface area contributed by atoms with Crippen molar-refractivity contribution in [3.05, 3.63) is 46.4 Å². The Labute approximate surface area is 170 Å². The SMILES string of the molecule is CCOC(=O)OC(C)OC1=C(C(=O)Nc2ccccn2)N(C)Sc2ccsc21. The molecule has 8 nitrogen and oxygen atoms in total. The summed E-state index contributed by atoms with van der Waals surface area (Å²) in [6.07, 6.45) is -0.189. The Morgan fingerprint density at radius 1 is 1.32 bits per heavy atom. The molecular formula is C18H19N3O5S2. The van der Waals surface area contributed by atoms with Crippen LogP contribution in [-0.4, -0.2) is 41.3 Å². The number of aromatic nitrogens is 1. The van der Waals surface area contributed by atoms with Crippen LogP contribution in [0.5, 0.6) is 0 Å². The predicted octanol–water partition coefficient (Wildman–Crippen LogP) is 3.94. The van der Waals surface area contributed by atoms with E-state index in [1.165, 1.54) is 23.3 Å². The fourth-order valence-electron chi connectivity index (χ4n) is 2.42. The lowest BCUT2D eigenvalue weighted by Gasteiger charge is -2.29. The van der Waals surface area contributed by atoms with Gasteiger partial charge in [-0.15, -0.1) is 11.3 Å². The van der Waals surface area contributed by atoms with Gasteiger partial charge < -0.3 is 23.8 Å². The van der Waals surface area contributed by atoms with Crippen LogP contribution in [0.1, 0.15) is 18.7 Å². The van der Waals surface area contributed by atoms with Gasteiger partial charge in [0.25, 0.3) is 5.91 Å². The van der Waals surface area contributed by atoms with Crippen molar-refractivity contribution in [1.29, 1.82) is 0 Å². The third-order valence-electron chi connectivity index (χ3n) is 3.53. The van der Waals surface area contributed by atoms with Crippen molar-refractivity contribution in [1.82, 2.24) is 9.29 Å². The zero-order chi connectivity index (χ0) is 20.1. The van der Waals surface area contributed by atoms with Crippen LogP contribution in [0.2, 0.25) is 0 Å². The van der Waals surface area contributed by atoms with E-state index in [-0.39, 0.29) is 12.5 Å². The number of nitrogens with one attached hydrogen (secondary N) is 1. The lowest BCUT2D eigenvalue weighted by Crippen LogP contribution is -2.29. The molecule has 1 N–H and O–H groups in total. The van der Waals surface area contributed by atoms with Crippen molar-refractivity contribution >= 4 is 46.9 Å². The van der Waals surface area contributed by atoms with Crippen LogP contribution in [0.4, 0.5) is 10.6 Å². The van der Waals surface area contributed by atoms with Gasteiger partial charge in [-0.1, -0.05) is 6.07 Å². The average molecular weight is 422 g/mol. The number of rotatable bonds is 6. The number of fused-ring (bicyclic) bond motifs is 1. The third-order valence-corrected chi connectivity index (χ3v) is 5.57. The van der Waals surface area contributed by atoms with Gasteiger partial charge in [-0.2, -0.15) is 0 Å². The van der Waals surface area contributed by atoms with Crippen molar-refractivity contribution < 1.29 is 23.8 Å². The topological polar surface area (TPSA) is 90.0 Å². The minimum Gasteiger partial charge on any atom is -0.451 e. The number of amides is 1. The molecule has 0 saturated heterocycles. The van der Waals surface area contributed by atoms with Gasteiger partial charge in [0.1, 0.15) is 5.82 Å². The molecule has 2 aromatic rings. The molecule has 10 heteroatoms. The van der Waals surface area contributed by atoms with Crippen molar-refractivity contribution in [2.45, 2.75) is 25.0 Å². The van der Waals surface area contributed by atoms with Gasteiger partial charge in [-0.3, -0.25) is 4.79 Å². The second kappa shape index (κ2) is 8.98. The minimum absolute atomic E-state index is 0.195. The molecular weight excluding hydrogens is 402 g/mol. The Bertz CT molecular complexity index is 884. The highest BCUT2D eigenvalue weighted by atomic mass is 32.2. The Morgan fingerprint density at radius 3 is 2.86 bits per heavy atom. The zero-order valence-electron chi connectivity index (χ0n) is 15.5. The van der Waals surface area contributed by atoms with Crippen LogP contribution in [0, 0.1) is 0 Å². The van der Waals surface area contributed by atoms with E-state index in [0.29, 0.717) is 17.3 Å². The summed E-state index contributed by atoms with van der Waals surface area (Å²) in [5.74, 6) is 0.369. The molecule has 0 spiro atoms. The number of hydrogen-bond acceptors (Lipinski definition) is 9. The van der Waals surface area contributed by atoms with Gasteiger partial charge in [-0.25, -0.2) is 9.78 Å². The number of pyridine rings is 1. The highest BCUT2D eigenvalue weighted by Crippen LogP contribution is 2.44. The number of ether oxygens (including phenoxy) is 3. The largest absolute Gasteiger partial charge is 0.511 e. The molecule has 1 aliphatic heterocycles. The molecule has 28 heavy (non-hydrogen) atoms. The lowest BCUT2D eigenvalue weighted by molar-refractivity contribution is -0.114. The Kier molecular flexibility index (Phi) is 6.42. The van der Waals surface area contributed by atoms with Crippen LogP contribution in [-0.2, 0) is 19.0 Å². The van der Waals surface area contributed by atoms with Gasteiger partial charge in [-0.05, 0) is 42.5 Å². The first-order valence-corrected chi connectivity index (χ1v) is 10.1. The number of nitrogens with zero attached hydrogens (tertiary/aromatic N) is 2. The maximum atomic E-state index is 13.0. The summed E-state index contributed by atoms with van der Waals surface area (Å²) in [5, 5.41) is 4.67. The molecule has 0 fully saturated rings. The van der Waals surface area contributed by atoms with Crippen LogP contribution in [0.15, 0.2) is 46.4 Å². The van der Waals surface area contributed by atoms with E-state index in [0.717, 1.165) is 9.77 Å². The Morgan fingerprint density at radius 2 is 2.14 bits per heavy atom. The van der Waals surface area contributed by atoms with Crippen LogP contribution < -0.4 is 5.32 Å². The standard InChI is InChI=1S/C18H19N3O5S2/c1-4-24-18(23)26-11(2)25-15-14(17(22)20-13-7-5-6-9-19-13)21(3)28-12-8-10-27-16(12)15/h5-11H,4H2,1-3H3,(H,19,20,22). The van der Waals surface area contributed by atoms with Crippen LogP contribution in [0.3, 0.4) is 0 Å². The smallest absolute Gasteiger partial charge is 0.451 e. The molecule has 3 heterocycles. The Hall–Kier alpha value is -2.72. The first kappa shape index (κ1) is 20.0. The van der Waals surface area contributed by atoms with E-state index in [4.69, 9.17) is 14.2 Å². The highest BCUT2D eigenvalue weighted by molar-refractivity contribution is 7.97. The van der Waals surface area contributed by atoms with E-state index in [1.54, 1.807) is 49.6 Å². The first-order chi connectivity index (χ1) is 13.5. The van der Waals surface area contributed by atoms with Crippen molar-refractivity contribution in [2.75, 3.05) is 19.0 Å². The summed E-state index contributed by atoms with van der Waals surface area (Å²) in [7, 11) is 1.76. The fraction of sp³-hybridized carbons (Fsp3) is 0.278. The number of carbonyl (C=O) groups excluding carboxylic acids is 2. The lowest BCUT2D eigenvalue weighted by atomic mass is 10.2. The van der Waals surface area contributed by atoms with Crippen molar-refractivity contribution in [2.24, 2.45) is 0 Å². The number of hydrogen-bond donors (Lipinski definition) is 1. The zero-order valence-corrected chi connectivity index (χ0v) is 17.1. The van der Waals surface area contributed by atoms with Crippen LogP contribution in [0.25, 0.3) is 5.76 Å². The van der Waals surface area contributed by atoms with Gasteiger partial charge in [0.2, 0.25) is 6.29 Å². The van der Waals surface area contributed by atoms with E-state index in [1.807, 2.05) is 11.4 Å². The molecule has 0 aliphatic carbocycles. The molecule has 2 aromatic heterocycles. The number of thiophene rings is 1. The highest BCUT2D eigenvalue weighted by Gasteiger charge is 2.32. The molecule has 1 amide bonds. The third kappa shape index (κ3) is 4.57. The van der Waals surface area contributed by atoms with Crippen molar-refractivity contribution in [3.63, 3.8) is 0 Å². The molecule has 0 saturated carbocycles. The molecule has 0 radical (unpaired) electrons. The van der Waals surface area contributed by atoms with E-state index < -0.39 is 12.4 Å². The van der Waals surface area contributed by atoms with Gasteiger partial charge in [0.15, 0.2) is 11.5 Å². The molecule has 1 atom stereocenters. The van der Waals surface area contributed by atoms with E-state index in [9.17, 15) is 9.59 Å². The second-order valence-electron chi connectivity index (χ2n) is 5.54. The van der Waals surface area contributed by atoms with E-state index >= 15 is 0 Å². The van der Waals surface area contributed by atoms with Gasteiger partial charge >= 0.3 is 6.16 Å². The van der Waals surface area contributed by atoms with Gasteiger partial charge in [0, 0.05) is 20.2 Å². The first-order valence-electron chi connectivity index (χ1n) is 8.45. The Balaban J connectivity index is 1.89. The maximum absolute atomic E-state index is 13.0. The summed E-state index contributed by atoms with van der Waals surface area (Å²) in [5.41, 5.74) is 0.296. The molecule has 0 bridgehead atoms. The van der Waals surface area contributed by atoms with Crippen LogP contribution >= 0.6 is 23.3 Å². The average Bonchev–Trinajstić information content (AvgIpc) is 3.10. The maximum Gasteiger partial charge on any atom is 0.511 e. The molecule has 3 rings (SSSR count).